The van der Waals surface area contributed by atoms with Gasteiger partial charge in [0, 0.05) is 30.9 Å². The Morgan fingerprint density at radius 2 is 2.31 bits per heavy atom. The van der Waals surface area contributed by atoms with Crippen molar-refractivity contribution in [2.24, 2.45) is 0 Å². The third-order valence-electron chi connectivity index (χ3n) is 3.75. The fraction of sp³-hybridized carbons (Fsp3) is 0.615. The van der Waals surface area contributed by atoms with Gasteiger partial charge in [0.05, 0.1) is 11.9 Å². The second-order valence-electron chi connectivity index (χ2n) is 5.24. The summed E-state index contributed by atoms with van der Waals surface area (Å²) >= 11 is 0. The average molecular weight is 217 g/mol. The van der Waals surface area contributed by atoms with Crippen LogP contribution < -0.4 is 10.2 Å². The van der Waals surface area contributed by atoms with Gasteiger partial charge in [-0.3, -0.25) is 4.98 Å². The first-order valence-corrected chi connectivity index (χ1v) is 6.20. The van der Waals surface area contributed by atoms with Crippen molar-refractivity contribution < 1.29 is 0 Å². The molecule has 3 heteroatoms. The summed E-state index contributed by atoms with van der Waals surface area (Å²) in [7, 11) is 0. The molecule has 16 heavy (non-hydrogen) atoms. The highest BCUT2D eigenvalue weighted by molar-refractivity contribution is 5.48. The quantitative estimate of drug-likeness (QED) is 0.818. The molecule has 1 aromatic rings. The van der Waals surface area contributed by atoms with Gasteiger partial charge in [-0.05, 0) is 24.5 Å². The van der Waals surface area contributed by atoms with Gasteiger partial charge in [0.25, 0.3) is 0 Å². The van der Waals surface area contributed by atoms with E-state index in [4.69, 9.17) is 0 Å². The zero-order valence-electron chi connectivity index (χ0n) is 9.98. The Morgan fingerprint density at radius 3 is 2.81 bits per heavy atom. The molecule has 2 bridgehead atoms. The molecule has 0 saturated carbocycles. The number of fused-ring (bicyclic) bond motifs is 2. The molecule has 1 aromatic heterocycles. The minimum Gasteiger partial charge on any atom is -0.364 e. The molecule has 86 valence electrons. The summed E-state index contributed by atoms with van der Waals surface area (Å²) in [5.74, 6) is 0.519. The topological polar surface area (TPSA) is 28.2 Å². The number of aromatic nitrogens is 1. The molecule has 3 heterocycles. The van der Waals surface area contributed by atoms with Gasteiger partial charge in [-0.1, -0.05) is 13.8 Å². The van der Waals surface area contributed by atoms with E-state index in [0.717, 1.165) is 13.1 Å². The average Bonchev–Trinajstić information content (AvgIpc) is 2.91. The zero-order valence-corrected chi connectivity index (χ0v) is 9.98. The molecule has 0 amide bonds. The molecule has 2 aliphatic rings. The number of rotatable bonds is 2. The Morgan fingerprint density at radius 1 is 1.44 bits per heavy atom. The summed E-state index contributed by atoms with van der Waals surface area (Å²) in [6.45, 7) is 6.65. The second kappa shape index (κ2) is 3.74. The van der Waals surface area contributed by atoms with Crippen molar-refractivity contribution in [3.05, 3.63) is 24.0 Å². The van der Waals surface area contributed by atoms with Crippen LogP contribution in [0.4, 0.5) is 5.69 Å². The lowest BCUT2D eigenvalue weighted by Gasteiger charge is -2.29. The highest BCUT2D eigenvalue weighted by Crippen LogP contribution is 2.29. The lowest BCUT2D eigenvalue weighted by Crippen LogP contribution is -2.43. The number of anilines is 1. The van der Waals surface area contributed by atoms with E-state index in [-0.39, 0.29) is 0 Å². The minimum atomic E-state index is 0.519. The predicted octanol–water partition coefficient (Wildman–Crippen LogP) is 1.76. The van der Waals surface area contributed by atoms with Crippen LogP contribution in [0.3, 0.4) is 0 Å². The van der Waals surface area contributed by atoms with Crippen molar-refractivity contribution >= 4 is 5.69 Å². The lowest BCUT2D eigenvalue weighted by atomic mass is 10.1. The number of pyridine rings is 1. The minimum absolute atomic E-state index is 0.519. The molecule has 0 aliphatic carbocycles. The van der Waals surface area contributed by atoms with Crippen molar-refractivity contribution in [3.63, 3.8) is 0 Å². The molecule has 2 saturated heterocycles. The van der Waals surface area contributed by atoms with Crippen molar-refractivity contribution in [2.45, 2.75) is 38.3 Å². The molecule has 1 N–H and O–H groups in total. The molecule has 0 spiro atoms. The monoisotopic (exact) mass is 217 g/mol. The van der Waals surface area contributed by atoms with Crippen molar-refractivity contribution in [1.29, 1.82) is 0 Å². The number of hydrogen-bond acceptors (Lipinski definition) is 3. The van der Waals surface area contributed by atoms with E-state index >= 15 is 0 Å². The summed E-state index contributed by atoms with van der Waals surface area (Å²) < 4.78 is 0. The van der Waals surface area contributed by atoms with Gasteiger partial charge >= 0.3 is 0 Å². The molecule has 0 radical (unpaired) electrons. The first-order chi connectivity index (χ1) is 7.74. The molecule has 2 aliphatic heterocycles. The fourth-order valence-electron chi connectivity index (χ4n) is 2.79. The molecule has 3 nitrogen and oxygen atoms in total. The first kappa shape index (κ1) is 10.1. The van der Waals surface area contributed by atoms with Crippen LogP contribution in [0.2, 0.25) is 0 Å². The first-order valence-electron chi connectivity index (χ1n) is 6.20. The molecule has 0 aromatic carbocycles. The van der Waals surface area contributed by atoms with Crippen LogP contribution in [0.5, 0.6) is 0 Å². The van der Waals surface area contributed by atoms with E-state index in [2.05, 4.69) is 41.2 Å². The summed E-state index contributed by atoms with van der Waals surface area (Å²) in [4.78, 5) is 7.04. The highest BCUT2D eigenvalue weighted by Gasteiger charge is 2.37. The van der Waals surface area contributed by atoms with E-state index in [1.807, 2.05) is 6.20 Å². The molecule has 0 unspecified atom stereocenters. The van der Waals surface area contributed by atoms with Crippen molar-refractivity contribution in [3.8, 4) is 0 Å². The van der Waals surface area contributed by atoms with Gasteiger partial charge in [0.1, 0.15) is 0 Å². The van der Waals surface area contributed by atoms with E-state index in [1.54, 1.807) is 0 Å². The molecular weight excluding hydrogens is 198 g/mol. The molecule has 2 atom stereocenters. The van der Waals surface area contributed by atoms with E-state index in [0.29, 0.717) is 18.0 Å². The van der Waals surface area contributed by atoms with Gasteiger partial charge in [-0.15, -0.1) is 0 Å². The van der Waals surface area contributed by atoms with Crippen LogP contribution in [0.1, 0.15) is 31.9 Å². The van der Waals surface area contributed by atoms with Crippen molar-refractivity contribution in [1.82, 2.24) is 10.3 Å². The summed E-state index contributed by atoms with van der Waals surface area (Å²) in [6.07, 6.45) is 3.34. The number of nitrogens with one attached hydrogen (secondary N) is 1. The normalized spacial score (nSPS) is 28.1. The highest BCUT2D eigenvalue weighted by atomic mass is 15.3. The van der Waals surface area contributed by atoms with Gasteiger partial charge < -0.3 is 10.2 Å². The van der Waals surface area contributed by atoms with E-state index in [1.165, 1.54) is 17.8 Å². The Labute approximate surface area is 96.9 Å². The largest absolute Gasteiger partial charge is 0.364 e. The Kier molecular flexibility index (Phi) is 2.36. The zero-order chi connectivity index (χ0) is 11.1. The smallest absolute Gasteiger partial charge is 0.0556 e. The maximum atomic E-state index is 4.54. The molecule has 3 rings (SSSR count). The van der Waals surface area contributed by atoms with Gasteiger partial charge in [0.15, 0.2) is 0 Å². The predicted molar refractivity (Wildman–Crippen MR) is 65.9 cm³/mol. The lowest BCUT2D eigenvalue weighted by molar-refractivity contribution is 0.579. The third-order valence-corrected chi connectivity index (χ3v) is 3.75. The Hall–Kier alpha value is -1.09. The van der Waals surface area contributed by atoms with Crippen LogP contribution in [-0.2, 0) is 0 Å². The number of hydrogen-bond donors (Lipinski definition) is 1. The Bertz CT molecular complexity index is 371. The number of piperazine rings is 1. The maximum Gasteiger partial charge on any atom is 0.0556 e. The van der Waals surface area contributed by atoms with Gasteiger partial charge in [-0.25, -0.2) is 0 Å². The number of nitrogens with zero attached hydrogens (tertiary/aromatic N) is 2. The van der Waals surface area contributed by atoms with Gasteiger partial charge in [-0.2, -0.15) is 0 Å². The third kappa shape index (κ3) is 1.59. The van der Waals surface area contributed by atoms with Crippen LogP contribution in [0.15, 0.2) is 18.3 Å². The van der Waals surface area contributed by atoms with E-state index in [9.17, 15) is 0 Å². The SMILES string of the molecule is CC(C)c1ccc(N2C[C@@H]3C[C@H]2CN3)cn1. The second-order valence-corrected chi connectivity index (χ2v) is 5.24. The Balaban J connectivity index is 1.80. The standard InChI is InChI=1S/C13H19N3/c1-9(2)13-4-3-11(6-15-13)16-8-10-5-12(16)7-14-10/h3-4,6,9-10,12,14H,5,7-8H2,1-2H3/t10-,12-/m0/s1. The summed E-state index contributed by atoms with van der Waals surface area (Å²) in [6, 6.07) is 5.79. The van der Waals surface area contributed by atoms with Crippen LogP contribution in [0, 0.1) is 0 Å². The molecule has 2 fully saturated rings. The molecular formula is C13H19N3. The van der Waals surface area contributed by atoms with Crippen LogP contribution in [0.25, 0.3) is 0 Å². The van der Waals surface area contributed by atoms with Crippen molar-refractivity contribution in [2.75, 3.05) is 18.0 Å². The fourth-order valence-corrected chi connectivity index (χ4v) is 2.79. The van der Waals surface area contributed by atoms with Gasteiger partial charge in [0.2, 0.25) is 0 Å². The maximum absolute atomic E-state index is 4.54. The van der Waals surface area contributed by atoms with Crippen LogP contribution in [-0.4, -0.2) is 30.2 Å². The summed E-state index contributed by atoms with van der Waals surface area (Å²) in [5, 5.41) is 3.52. The van der Waals surface area contributed by atoms with Crippen LogP contribution >= 0.6 is 0 Å². The van der Waals surface area contributed by atoms with E-state index < -0.39 is 0 Å². The summed E-state index contributed by atoms with van der Waals surface area (Å²) in [5.41, 5.74) is 2.48.